The van der Waals surface area contributed by atoms with Crippen molar-refractivity contribution in [2.45, 2.75) is 6.61 Å². The lowest BCUT2D eigenvalue weighted by molar-refractivity contribution is 0.304. The Morgan fingerprint density at radius 3 is 2.50 bits per heavy atom. The zero-order valence-corrected chi connectivity index (χ0v) is 10.1. The minimum atomic E-state index is -0.578. The molecule has 4 heteroatoms. The molecule has 90 valence electrons. The fourth-order valence-corrected chi connectivity index (χ4v) is 1.55. The molecule has 0 spiro atoms. The summed E-state index contributed by atoms with van der Waals surface area (Å²) in [6.07, 6.45) is 0. The summed E-state index contributed by atoms with van der Waals surface area (Å²) in [5.41, 5.74) is 0.943. The molecule has 0 saturated carbocycles. The maximum atomic E-state index is 13.3. The molecule has 2 aromatic carbocycles. The van der Waals surface area contributed by atoms with Crippen LogP contribution in [0.4, 0.5) is 4.39 Å². The third kappa shape index (κ3) is 2.99. The van der Waals surface area contributed by atoms with Gasteiger partial charge in [-0.25, -0.2) is 4.39 Å². The van der Waals surface area contributed by atoms with Crippen LogP contribution in [0.25, 0.3) is 0 Å². The van der Waals surface area contributed by atoms with Crippen LogP contribution in [0.3, 0.4) is 0 Å². The molecule has 2 nitrogen and oxygen atoms in total. The Hall–Kier alpha value is -2.05. The van der Waals surface area contributed by atoms with Crippen LogP contribution < -0.4 is 4.74 Å². The van der Waals surface area contributed by atoms with Crippen molar-refractivity contribution in [2.75, 3.05) is 0 Å². The average Bonchev–Trinajstić information content (AvgIpc) is 2.38. The van der Waals surface area contributed by atoms with E-state index < -0.39 is 5.82 Å². The lowest BCUT2D eigenvalue weighted by atomic mass is 10.2. The minimum absolute atomic E-state index is 0.00819. The van der Waals surface area contributed by atoms with E-state index >= 15 is 0 Å². The molecule has 0 atom stereocenters. The summed E-state index contributed by atoms with van der Waals surface area (Å²) < 4.78 is 18.7. The first kappa shape index (κ1) is 12.4. The third-order valence-electron chi connectivity index (χ3n) is 2.38. The molecule has 0 amide bonds. The van der Waals surface area contributed by atoms with Gasteiger partial charge in [-0.05, 0) is 29.8 Å². The number of halogens is 2. The van der Waals surface area contributed by atoms with Gasteiger partial charge in [-0.1, -0.05) is 23.7 Å². The summed E-state index contributed by atoms with van der Waals surface area (Å²) in [5, 5.41) is 9.26. The highest BCUT2D eigenvalue weighted by Gasteiger charge is 2.03. The topological polar surface area (TPSA) is 33.0 Å². The zero-order valence-electron chi connectivity index (χ0n) is 9.36. The molecule has 0 aromatic heterocycles. The fourth-order valence-electron chi connectivity index (χ4n) is 1.42. The second kappa shape index (κ2) is 5.52. The standard InChI is InChI=1S/C14H9ClFNO/c15-12-4-1-10(2-5-12)9-18-13-6-3-11(8-17)14(16)7-13/h1-7H,9H2. The number of nitriles is 1. The molecule has 0 aliphatic carbocycles. The van der Waals surface area contributed by atoms with Crippen molar-refractivity contribution in [3.8, 4) is 11.8 Å². The summed E-state index contributed by atoms with van der Waals surface area (Å²) in [6, 6.07) is 13.1. The van der Waals surface area contributed by atoms with E-state index in [-0.39, 0.29) is 5.56 Å². The maximum absolute atomic E-state index is 13.3. The number of hydrogen-bond donors (Lipinski definition) is 0. The average molecular weight is 262 g/mol. The summed E-state index contributed by atoms with van der Waals surface area (Å²) in [4.78, 5) is 0. The van der Waals surface area contributed by atoms with Gasteiger partial charge in [0.1, 0.15) is 24.2 Å². The van der Waals surface area contributed by atoms with E-state index in [0.717, 1.165) is 5.56 Å². The molecule has 0 bridgehead atoms. The Morgan fingerprint density at radius 1 is 1.17 bits per heavy atom. The SMILES string of the molecule is N#Cc1ccc(OCc2ccc(Cl)cc2)cc1F. The van der Waals surface area contributed by atoms with Crippen molar-refractivity contribution in [2.24, 2.45) is 0 Å². The van der Waals surface area contributed by atoms with E-state index in [9.17, 15) is 4.39 Å². The van der Waals surface area contributed by atoms with E-state index in [1.165, 1.54) is 12.1 Å². The van der Waals surface area contributed by atoms with Crippen LogP contribution in [-0.2, 0) is 6.61 Å². The van der Waals surface area contributed by atoms with E-state index in [0.29, 0.717) is 17.4 Å². The van der Waals surface area contributed by atoms with Crippen LogP contribution in [0.5, 0.6) is 5.75 Å². The number of nitrogens with zero attached hydrogens (tertiary/aromatic N) is 1. The zero-order chi connectivity index (χ0) is 13.0. The van der Waals surface area contributed by atoms with Crippen LogP contribution in [0, 0.1) is 17.1 Å². The smallest absolute Gasteiger partial charge is 0.144 e. The molecular weight excluding hydrogens is 253 g/mol. The van der Waals surface area contributed by atoms with Gasteiger partial charge >= 0.3 is 0 Å². The van der Waals surface area contributed by atoms with Gasteiger partial charge in [-0.15, -0.1) is 0 Å². The number of rotatable bonds is 3. The molecule has 0 unspecified atom stereocenters. The van der Waals surface area contributed by atoms with Crippen molar-refractivity contribution < 1.29 is 9.13 Å². The van der Waals surface area contributed by atoms with E-state index in [1.54, 1.807) is 24.3 Å². The summed E-state index contributed by atoms with van der Waals surface area (Å²) in [5.74, 6) is -0.187. The number of hydrogen-bond acceptors (Lipinski definition) is 2. The molecule has 0 N–H and O–H groups in total. The highest BCUT2D eigenvalue weighted by molar-refractivity contribution is 6.30. The molecule has 0 saturated heterocycles. The Bertz CT molecular complexity index is 590. The third-order valence-corrected chi connectivity index (χ3v) is 2.63. The predicted molar refractivity (Wildman–Crippen MR) is 66.9 cm³/mol. The Labute approximate surface area is 109 Å². The summed E-state index contributed by atoms with van der Waals surface area (Å²) in [7, 11) is 0. The normalized spacial score (nSPS) is 9.83. The molecule has 0 radical (unpaired) electrons. The van der Waals surface area contributed by atoms with Crippen LogP contribution >= 0.6 is 11.6 Å². The molecule has 0 fully saturated rings. The first-order valence-corrected chi connectivity index (χ1v) is 5.64. The van der Waals surface area contributed by atoms with Crippen molar-refractivity contribution >= 4 is 11.6 Å². The highest BCUT2D eigenvalue weighted by atomic mass is 35.5. The first-order valence-electron chi connectivity index (χ1n) is 5.26. The molecule has 0 heterocycles. The number of benzene rings is 2. The van der Waals surface area contributed by atoms with Crippen molar-refractivity contribution in [3.63, 3.8) is 0 Å². The van der Waals surface area contributed by atoms with Crippen LogP contribution in [0.2, 0.25) is 5.02 Å². The maximum Gasteiger partial charge on any atom is 0.144 e. The monoisotopic (exact) mass is 261 g/mol. The van der Waals surface area contributed by atoms with E-state index in [4.69, 9.17) is 21.6 Å². The fraction of sp³-hybridized carbons (Fsp3) is 0.0714. The second-order valence-corrected chi connectivity index (χ2v) is 4.11. The molecule has 2 aromatic rings. The van der Waals surface area contributed by atoms with Crippen LogP contribution in [0.1, 0.15) is 11.1 Å². The van der Waals surface area contributed by atoms with Gasteiger partial charge in [0.2, 0.25) is 0 Å². The van der Waals surface area contributed by atoms with Gasteiger partial charge in [0.25, 0.3) is 0 Å². The molecule has 2 rings (SSSR count). The van der Waals surface area contributed by atoms with Gasteiger partial charge in [-0.3, -0.25) is 0 Å². The van der Waals surface area contributed by atoms with Gasteiger partial charge in [0.15, 0.2) is 0 Å². The van der Waals surface area contributed by atoms with Crippen molar-refractivity contribution in [1.29, 1.82) is 5.26 Å². The summed E-state index contributed by atoms with van der Waals surface area (Å²) in [6.45, 7) is 0.322. The van der Waals surface area contributed by atoms with Crippen molar-refractivity contribution in [1.82, 2.24) is 0 Å². The lowest BCUT2D eigenvalue weighted by Crippen LogP contribution is -1.96. The summed E-state index contributed by atoms with van der Waals surface area (Å²) >= 11 is 5.76. The Balaban J connectivity index is 2.04. The largest absolute Gasteiger partial charge is 0.489 e. The number of ether oxygens (including phenoxy) is 1. The van der Waals surface area contributed by atoms with E-state index in [2.05, 4.69) is 0 Å². The Kier molecular flexibility index (Phi) is 3.81. The van der Waals surface area contributed by atoms with Gasteiger partial charge < -0.3 is 4.74 Å². The van der Waals surface area contributed by atoms with Gasteiger partial charge in [0, 0.05) is 11.1 Å². The van der Waals surface area contributed by atoms with Gasteiger partial charge in [-0.2, -0.15) is 5.26 Å². The molecule has 0 aliphatic rings. The molecule has 18 heavy (non-hydrogen) atoms. The quantitative estimate of drug-likeness (QED) is 0.839. The molecular formula is C14H9ClFNO. The van der Waals surface area contributed by atoms with E-state index in [1.807, 2.05) is 12.1 Å². The molecule has 0 aliphatic heterocycles. The van der Waals surface area contributed by atoms with Crippen molar-refractivity contribution in [3.05, 3.63) is 64.4 Å². The van der Waals surface area contributed by atoms with Crippen LogP contribution in [0.15, 0.2) is 42.5 Å². The second-order valence-electron chi connectivity index (χ2n) is 3.67. The lowest BCUT2D eigenvalue weighted by Gasteiger charge is -2.06. The van der Waals surface area contributed by atoms with Crippen LogP contribution in [-0.4, -0.2) is 0 Å². The highest BCUT2D eigenvalue weighted by Crippen LogP contribution is 2.18. The first-order chi connectivity index (χ1) is 8.69. The minimum Gasteiger partial charge on any atom is -0.489 e. The van der Waals surface area contributed by atoms with Gasteiger partial charge in [0.05, 0.1) is 5.56 Å². The Morgan fingerprint density at radius 2 is 1.89 bits per heavy atom. The predicted octanol–water partition coefficient (Wildman–Crippen LogP) is 3.93.